The smallest absolute Gasteiger partial charge is 0.303 e. The molecule has 0 radical (unpaired) electrons. The van der Waals surface area contributed by atoms with Gasteiger partial charge in [0.15, 0.2) is 0 Å². The van der Waals surface area contributed by atoms with Crippen molar-refractivity contribution in [1.29, 1.82) is 0 Å². The second-order valence-corrected chi connectivity index (χ2v) is 3.71. The van der Waals surface area contributed by atoms with Crippen LogP contribution in [-0.4, -0.2) is 19.2 Å². The van der Waals surface area contributed by atoms with Crippen LogP contribution in [0.3, 0.4) is 0 Å². The summed E-state index contributed by atoms with van der Waals surface area (Å²) < 4.78 is 10.6. The van der Waals surface area contributed by atoms with Gasteiger partial charge >= 0.3 is 5.97 Å². The third-order valence-electron chi connectivity index (χ3n) is 2.69. The fraction of sp³-hybridized carbons (Fsp3) is 0.417. The van der Waals surface area contributed by atoms with E-state index in [0.29, 0.717) is 0 Å². The number of methoxy groups -OCH3 is 1. The fourth-order valence-corrected chi connectivity index (χ4v) is 2.12. The van der Waals surface area contributed by atoms with Gasteiger partial charge in [-0.25, -0.2) is 0 Å². The minimum atomic E-state index is -0.255. The first kappa shape index (κ1) is 10.2. The van der Waals surface area contributed by atoms with Gasteiger partial charge in [0, 0.05) is 20.5 Å². The van der Waals surface area contributed by atoms with Crippen molar-refractivity contribution in [1.82, 2.24) is 0 Å². The summed E-state index contributed by atoms with van der Waals surface area (Å²) in [7, 11) is 1.64. The lowest BCUT2D eigenvalue weighted by atomic mass is 10.1. The van der Waals surface area contributed by atoms with Crippen molar-refractivity contribution in [2.24, 2.45) is 0 Å². The van der Waals surface area contributed by atoms with Crippen LogP contribution in [0.25, 0.3) is 0 Å². The molecule has 3 heteroatoms. The monoisotopic (exact) mass is 206 g/mol. The molecule has 0 spiro atoms. The minimum Gasteiger partial charge on any atom is -0.459 e. The maximum atomic E-state index is 10.9. The molecule has 0 aliphatic heterocycles. The number of hydrogen-bond donors (Lipinski definition) is 0. The summed E-state index contributed by atoms with van der Waals surface area (Å²) in [6.45, 7) is 1.43. The Morgan fingerprint density at radius 3 is 2.80 bits per heavy atom. The molecule has 0 amide bonds. The highest BCUT2D eigenvalue weighted by Crippen LogP contribution is 2.35. The van der Waals surface area contributed by atoms with E-state index >= 15 is 0 Å². The van der Waals surface area contributed by atoms with Crippen molar-refractivity contribution in [2.75, 3.05) is 7.11 Å². The molecule has 2 rings (SSSR count). The molecule has 15 heavy (non-hydrogen) atoms. The molecule has 1 aliphatic carbocycles. The van der Waals surface area contributed by atoms with Crippen LogP contribution in [0.1, 0.15) is 24.2 Å². The highest BCUT2D eigenvalue weighted by atomic mass is 16.6. The van der Waals surface area contributed by atoms with Crippen molar-refractivity contribution in [3.05, 3.63) is 35.4 Å². The molecule has 0 heterocycles. The summed E-state index contributed by atoms with van der Waals surface area (Å²) in [5.74, 6) is -0.255. The lowest BCUT2D eigenvalue weighted by Crippen LogP contribution is -2.22. The summed E-state index contributed by atoms with van der Waals surface area (Å²) in [6.07, 6.45) is 0.448. The molecule has 0 N–H and O–H groups in total. The van der Waals surface area contributed by atoms with Crippen LogP contribution in [-0.2, 0) is 20.7 Å². The lowest BCUT2D eigenvalue weighted by molar-refractivity contribution is -0.152. The normalized spacial score (nSPS) is 23.6. The van der Waals surface area contributed by atoms with Crippen LogP contribution in [0.4, 0.5) is 0 Å². The highest BCUT2D eigenvalue weighted by Gasteiger charge is 2.34. The third kappa shape index (κ3) is 1.88. The molecule has 0 saturated heterocycles. The molecule has 1 aromatic rings. The third-order valence-corrected chi connectivity index (χ3v) is 2.69. The lowest BCUT2D eigenvalue weighted by Gasteiger charge is -2.18. The first-order valence-corrected chi connectivity index (χ1v) is 5.00. The van der Waals surface area contributed by atoms with E-state index in [1.165, 1.54) is 12.5 Å². The molecule has 1 aliphatic rings. The van der Waals surface area contributed by atoms with Crippen molar-refractivity contribution in [3.8, 4) is 0 Å². The van der Waals surface area contributed by atoms with E-state index in [1.807, 2.05) is 24.3 Å². The average molecular weight is 206 g/mol. The standard InChI is InChI=1S/C12H14O3/c1-8(13)15-11-7-9-5-3-4-6-10(9)12(11)14-2/h3-6,11-12H,7H2,1-2H3. The molecule has 3 nitrogen and oxygen atoms in total. The van der Waals surface area contributed by atoms with Gasteiger partial charge in [0.1, 0.15) is 12.2 Å². The van der Waals surface area contributed by atoms with Gasteiger partial charge in [-0.3, -0.25) is 4.79 Å². The van der Waals surface area contributed by atoms with E-state index in [1.54, 1.807) is 7.11 Å². The molecule has 2 atom stereocenters. The Bertz CT molecular complexity index is 373. The number of esters is 1. The fourth-order valence-electron chi connectivity index (χ4n) is 2.12. The van der Waals surface area contributed by atoms with Crippen molar-refractivity contribution in [2.45, 2.75) is 25.6 Å². The Morgan fingerprint density at radius 2 is 2.13 bits per heavy atom. The maximum absolute atomic E-state index is 10.9. The number of hydrogen-bond acceptors (Lipinski definition) is 3. The molecule has 2 unspecified atom stereocenters. The van der Waals surface area contributed by atoms with Crippen molar-refractivity contribution >= 4 is 5.97 Å². The number of ether oxygens (including phenoxy) is 2. The maximum Gasteiger partial charge on any atom is 0.303 e. The van der Waals surface area contributed by atoms with Gasteiger partial charge in [-0.05, 0) is 11.1 Å². The highest BCUT2D eigenvalue weighted by molar-refractivity contribution is 5.66. The van der Waals surface area contributed by atoms with Gasteiger partial charge in [0.25, 0.3) is 0 Å². The number of rotatable bonds is 2. The van der Waals surface area contributed by atoms with Crippen LogP contribution in [0.5, 0.6) is 0 Å². The minimum absolute atomic E-state index is 0.120. The summed E-state index contributed by atoms with van der Waals surface area (Å²) in [5.41, 5.74) is 2.34. The Hall–Kier alpha value is -1.35. The second kappa shape index (κ2) is 4.03. The molecular formula is C12H14O3. The average Bonchev–Trinajstić information content (AvgIpc) is 2.53. The molecule has 1 aromatic carbocycles. The quantitative estimate of drug-likeness (QED) is 0.693. The summed E-state index contributed by atoms with van der Waals surface area (Å²) in [4.78, 5) is 10.9. The largest absolute Gasteiger partial charge is 0.459 e. The van der Waals surface area contributed by atoms with Crippen LogP contribution in [0.15, 0.2) is 24.3 Å². The van der Waals surface area contributed by atoms with Gasteiger partial charge < -0.3 is 9.47 Å². The van der Waals surface area contributed by atoms with E-state index in [2.05, 4.69) is 0 Å². The Kier molecular flexibility index (Phi) is 2.73. The van der Waals surface area contributed by atoms with Crippen LogP contribution in [0, 0.1) is 0 Å². The summed E-state index contributed by atoms with van der Waals surface area (Å²) >= 11 is 0. The van der Waals surface area contributed by atoms with Gasteiger partial charge in [0.2, 0.25) is 0 Å². The molecular weight excluding hydrogens is 192 g/mol. The Labute approximate surface area is 89.0 Å². The van der Waals surface area contributed by atoms with Gasteiger partial charge in [-0.15, -0.1) is 0 Å². The number of fused-ring (bicyclic) bond motifs is 1. The van der Waals surface area contributed by atoms with Crippen LogP contribution < -0.4 is 0 Å². The SMILES string of the molecule is COC1c2ccccc2CC1OC(C)=O. The van der Waals surface area contributed by atoms with Crippen molar-refractivity contribution < 1.29 is 14.3 Å². The molecule has 0 aromatic heterocycles. The van der Waals surface area contributed by atoms with Gasteiger partial charge in [0.05, 0.1) is 0 Å². The van der Waals surface area contributed by atoms with Crippen LogP contribution in [0.2, 0.25) is 0 Å². The Balaban J connectivity index is 2.24. The van der Waals surface area contributed by atoms with Gasteiger partial charge in [-0.1, -0.05) is 24.3 Å². The predicted molar refractivity (Wildman–Crippen MR) is 55.5 cm³/mol. The zero-order chi connectivity index (χ0) is 10.8. The molecule has 80 valence electrons. The molecule has 0 fully saturated rings. The van der Waals surface area contributed by atoms with E-state index in [0.717, 1.165) is 12.0 Å². The zero-order valence-corrected chi connectivity index (χ0v) is 8.90. The van der Waals surface area contributed by atoms with E-state index < -0.39 is 0 Å². The summed E-state index contributed by atoms with van der Waals surface area (Å²) in [6, 6.07) is 8.03. The first-order valence-electron chi connectivity index (χ1n) is 5.00. The molecule has 0 saturated carbocycles. The predicted octanol–water partition coefficient (Wildman–Crippen LogP) is 1.86. The first-order chi connectivity index (χ1) is 7.22. The van der Waals surface area contributed by atoms with Gasteiger partial charge in [-0.2, -0.15) is 0 Å². The number of carbonyl (C=O) groups is 1. The van der Waals surface area contributed by atoms with Crippen LogP contribution >= 0.6 is 0 Å². The second-order valence-electron chi connectivity index (χ2n) is 3.71. The van der Waals surface area contributed by atoms with E-state index in [-0.39, 0.29) is 18.2 Å². The number of benzene rings is 1. The zero-order valence-electron chi connectivity index (χ0n) is 8.90. The van der Waals surface area contributed by atoms with E-state index in [4.69, 9.17) is 9.47 Å². The molecule has 0 bridgehead atoms. The number of carbonyl (C=O) groups excluding carboxylic acids is 1. The topological polar surface area (TPSA) is 35.5 Å². The summed E-state index contributed by atoms with van der Waals surface area (Å²) in [5, 5.41) is 0. The Morgan fingerprint density at radius 1 is 1.40 bits per heavy atom. The van der Waals surface area contributed by atoms with E-state index in [9.17, 15) is 4.79 Å². The van der Waals surface area contributed by atoms with Crippen molar-refractivity contribution in [3.63, 3.8) is 0 Å².